The van der Waals surface area contributed by atoms with Crippen LogP contribution in [0.15, 0.2) is 24.3 Å². The van der Waals surface area contributed by atoms with Gasteiger partial charge in [0.1, 0.15) is 0 Å². The van der Waals surface area contributed by atoms with Gasteiger partial charge >= 0.3 is 38.7 Å². The van der Waals surface area contributed by atoms with Crippen molar-refractivity contribution in [3.05, 3.63) is 39.4 Å². The Morgan fingerprint density at radius 3 is 1.58 bits per heavy atom. The average molecular weight is 312 g/mol. The summed E-state index contributed by atoms with van der Waals surface area (Å²) in [5.41, 5.74) is 0.285. The number of hydrogen-bond donors (Lipinski definition) is 1. The minimum atomic E-state index is -10.7. The topological polar surface area (TPSA) is 106 Å². The number of nitro groups is 1. The van der Waals surface area contributed by atoms with Crippen molar-refractivity contribution >= 4 is 19.2 Å². The smallest absolute Gasteiger partial charge is 0.344 e. The van der Waals surface area contributed by atoms with Crippen molar-refractivity contribution in [3.8, 4) is 0 Å². The minimum Gasteiger partial charge on any atom is -0.344 e. The Balaban J connectivity index is 0. The van der Waals surface area contributed by atoms with Crippen molar-refractivity contribution in [2.75, 3.05) is 0 Å². The number of nitro benzene ring substituents is 1. The van der Waals surface area contributed by atoms with Gasteiger partial charge in [-0.25, -0.2) is 0 Å². The van der Waals surface area contributed by atoms with E-state index in [1.54, 1.807) is 0 Å². The number of diazo groups is 1. The Hall–Kier alpha value is -1.99. The predicted octanol–water partition coefficient (Wildman–Crippen LogP) is 5.62. The summed E-state index contributed by atoms with van der Waals surface area (Å²) in [6.07, 6.45) is 0. The fourth-order valence-electron chi connectivity index (χ4n) is 0.641. The van der Waals surface area contributed by atoms with Gasteiger partial charge in [0.2, 0.25) is 5.39 Å². The molecule has 1 aromatic carbocycles. The zero-order valence-corrected chi connectivity index (χ0v) is 9.78. The minimum absolute atomic E-state index is 0. The van der Waals surface area contributed by atoms with Gasteiger partial charge in [-0.05, 0) is 0 Å². The molecule has 110 valence electrons. The number of non-ortho nitro benzene ring substituents is 1. The van der Waals surface area contributed by atoms with E-state index in [-0.39, 0.29) is 11.8 Å². The van der Waals surface area contributed by atoms with E-state index < -0.39 is 12.7 Å². The number of rotatable bonds is 1. The second kappa shape index (κ2) is 4.94. The van der Waals surface area contributed by atoms with Crippen molar-refractivity contribution in [2.45, 2.75) is 0 Å². The fourth-order valence-corrected chi connectivity index (χ4v) is 0.641. The van der Waals surface area contributed by atoms with Crippen LogP contribution in [-0.2, 0) is 0 Å². The van der Waals surface area contributed by atoms with Gasteiger partial charge in [-0.2, -0.15) is 0 Å². The SMILES string of the molecule is F[P-](F)(F)(F)(F)F.N.N#[N+]c1ccc([N+](=O)[O-])cc1. The van der Waals surface area contributed by atoms with Crippen molar-refractivity contribution in [3.63, 3.8) is 0 Å². The van der Waals surface area contributed by atoms with Gasteiger partial charge in [-0.3, -0.25) is 10.1 Å². The van der Waals surface area contributed by atoms with Crippen molar-refractivity contribution in [1.82, 2.24) is 6.15 Å². The third-order valence-corrected chi connectivity index (χ3v) is 1.18. The molecular weight excluding hydrogens is 305 g/mol. The maximum atomic E-state index is 10.1. The first-order chi connectivity index (χ1) is 7.69. The maximum Gasteiger partial charge on any atom is 0.385 e. The summed E-state index contributed by atoms with van der Waals surface area (Å²) in [6, 6.07) is 5.26. The summed E-state index contributed by atoms with van der Waals surface area (Å²) in [5.74, 6) is 0. The second-order valence-corrected chi connectivity index (χ2v) is 4.75. The summed E-state index contributed by atoms with van der Waals surface area (Å²) in [6.45, 7) is 0. The Morgan fingerprint density at radius 1 is 1.05 bits per heavy atom. The molecule has 0 aliphatic carbocycles. The molecule has 0 radical (unpaired) electrons. The molecular formula is C6H7F6N4O2P. The summed E-state index contributed by atoms with van der Waals surface area (Å²) in [4.78, 5) is 12.4. The molecule has 0 aliphatic rings. The number of nitrogens with zero attached hydrogens (tertiary/aromatic N) is 3. The van der Waals surface area contributed by atoms with Gasteiger partial charge < -0.3 is 6.15 Å². The number of benzene rings is 1. The normalized spacial score (nSPS) is 13.5. The Kier molecular flexibility index (Phi) is 5.04. The summed E-state index contributed by atoms with van der Waals surface area (Å²) in [5, 5.41) is 18.3. The summed E-state index contributed by atoms with van der Waals surface area (Å²) >= 11 is 0. The molecule has 0 amide bonds. The van der Waals surface area contributed by atoms with E-state index in [2.05, 4.69) is 4.98 Å². The van der Waals surface area contributed by atoms with Gasteiger partial charge in [0.05, 0.1) is 4.92 Å². The molecule has 0 aromatic heterocycles. The van der Waals surface area contributed by atoms with Crippen LogP contribution in [0.1, 0.15) is 0 Å². The van der Waals surface area contributed by atoms with Crippen molar-refractivity contribution in [1.29, 1.82) is 5.39 Å². The molecule has 1 rings (SSSR count). The van der Waals surface area contributed by atoms with E-state index in [9.17, 15) is 35.3 Å². The Bertz CT molecular complexity index is 481. The molecule has 13 heteroatoms. The molecule has 0 atom stereocenters. The first kappa shape index (κ1) is 19.4. The van der Waals surface area contributed by atoms with E-state index in [0.29, 0.717) is 5.69 Å². The largest absolute Gasteiger partial charge is 0.385 e. The molecule has 0 fully saturated rings. The van der Waals surface area contributed by atoms with Crippen LogP contribution in [0.25, 0.3) is 4.98 Å². The molecule has 0 bridgehead atoms. The van der Waals surface area contributed by atoms with E-state index in [0.717, 1.165) is 0 Å². The van der Waals surface area contributed by atoms with Gasteiger partial charge in [-0.1, -0.05) is 0 Å². The second-order valence-electron chi connectivity index (χ2n) is 2.83. The molecule has 3 N–H and O–H groups in total. The van der Waals surface area contributed by atoms with E-state index in [4.69, 9.17) is 5.39 Å². The molecule has 0 heterocycles. The van der Waals surface area contributed by atoms with Crippen LogP contribution in [0.2, 0.25) is 0 Å². The average Bonchev–Trinajstić information content (AvgIpc) is 2.13. The molecule has 0 spiro atoms. The molecule has 0 saturated heterocycles. The van der Waals surface area contributed by atoms with Crippen LogP contribution in [0.5, 0.6) is 0 Å². The maximum absolute atomic E-state index is 10.7. The van der Waals surface area contributed by atoms with Crippen molar-refractivity contribution in [2.24, 2.45) is 0 Å². The zero-order chi connectivity index (χ0) is 14.7. The third-order valence-electron chi connectivity index (χ3n) is 1.18. The van der Waals surface area contributed by atoms with Crippen LogP contribution in [0, 0.1) is 15.5 Å². The van der Waals surface area contributed by atoms with E-state index in [1.165, 1.54) is 24.3 Å². The first-order valence-corrected chi connectivity index (χ1v) is 5.88. The number of hydrogen-bond acceptors (Lipinski definition) is 4. The zero-order valence-electron chi connectivity index (χ0n) is 8.89. The molecule has 0 saturated carbocycles. The molecule has 19 heavy (non-hydrogen) atoms. The van der Waals surface area contributed by atoms with Gasteiger partial charge in [0, 0.05) is 24.3 Å². The molecule has 0 aliphatic heterocycles. The van der Waals surface area contributed by atoms with Crippen LogP contribution in [0.4, 0.5) is 36.6 Å². The van der Waals surface area contributed by atoms with E-state index in [1.807, 2.05) is 0 Å². The monoisotopic (exact) mass is 312 g/mol. The molecule has 1 aromatic rings. The standard InChI is InChI=1S/C6H4N3O2.F6P.H3N/c7-8-5-1-3-6(4-2-5)9(10)11;1-7(2,3,4,5)6;/h1-4H;;1H3/q+1;-1;. The third kappa shape index (κ3) is 16.0. The summed E-state index contributed by atoms with van der Waals surface area (Å²) < 4.78 is 59.2. The van der Waals surface area contributed by atoms with E-state index >= 15 is 0 Å². The van der Waals surface area contributed by atoms with Gasteiger partial charge in [0.15, 0.2) is 4.98 Å². The van der Waals surface area contributed by atoms with Crippen LogP contribution >= 0.6 is 7.81 Å². The molecule has 0 unspecified atom stereocenters. The van der Waals surface area contributed by atoms with Crippen LogP contribution in [-0.4, -0.2) is 4.92 Å². The fraction of sp³-hybridized carbons (Fsp3) is 0. The Morgan fingerprint density at radius 2 is 1.37 bits per heavy atom. The van der Waals surface area contributed by atoms with Crippen LogP contribution in [0.3, 0.4) is 0 Å². The predicted molar refractivity (Wildman–Crippen MR) is 56.4 cm³/mol. The van der Waals surface area contributed by atoms with Gasteiger partial charge in [-0.15, -0.1) is 0 Å². The molecule has 6 nitrogen and oxygen atoms in total. The summed E-state index contributed by atoms with van der Waals surface area (Å²) in [7, 11) is -10.7. The van der Waals surface area contributed by atoms with Crippen LogP contribution < -0.4 is 6.15 Å². The number of halogens is 6. The van der Waals surface area contributed by atoms with Gasteiger partial charge in [0.25, 0.3) is 5.69 Å². The van der Waals surface area contributed by atoms with Crippen molar-refractivity contribution < 1.29 is 30.1 Å². The Labute approximate surface area is 101 Å². The first-order valence-electron chi connectivity index (χ1n) is 3.85. The quantitative estimate of drug-likeness (QED) is 0.238.